The summed E-state index contributed by atoms with van der Waals surface area (Å²) in [4.78, 5) is 0. The van der Waals surface area contributed by atoms with Crippen LogP contribution in [-0.2, 0) is 6.16 Å². The molecule has 0 radical (unpaired) electrons. The average molecular weight is 397 g/mol. The van der Waals surface area contributed by atoms with Crippen molar-refractivity contribution >= 4 is 35.8 Å². The molecule has 4 aromatic rings. The van der Waals surface area contributed by atoms with Crippen molar-refractivity contribution in [1.29, 1.82) is 0 Å². The largest absolute Gasteiger partial charge is 0.488 e. The predicted molar refractivity (Wildman–Crippen MR) is 125 cm³/mol. The van der Waals surface area contributed by atoms with Crippen molar-refractivity contribution in [2.75, 3.05) is 0 Å². The van der Waals surface area contributed by atoms with E-state index in [1.807, 2.05) is 12.1 Å². The highest BCUT2D eigenvalue weighted by molar-refractivity contribution is 7.95. The summed E-state index contributed by atoms with van der Waals surface area (Å²) in [5.74, 6) is 0. The molecule has 0 unspecified atom stereocenters. The lowest BCUT2D eigenvalue weighted by molar-refractivity contribution is 0.425. The Bertz CT molecular complexity index is 957. The standard InChI is InChI=1S/C25H23BO2P/c27-26(28)22-12-10-11-21(19-22)20-29(23-13-4-1-5-14-23,24-15-6-2-7-16-24)25-17-8-3-9-18-25/h1-19,27-28H,20H2/q+1. The first-order chi connectivity index (χ1) is 14.2. The zero-order valence-electron chi connectivity index (χ0n) is 16.1. The van der Waals surface area contributed by atoms with Gasteiger partial charge < -0.3 is 10.0 Å². The van der Waals surface area contributed by atoms with Gasteiger partial charge in [-0.05, 0) is 47.4 Å². The number of hydrogen-bond donors (Lipinski definition) is 2. The lowest BCUT2D eigenvalue weighted by Gasteiger charge is -2.28. The molecule has 0 aliphatic carbocycles. The molecule has 0 heterocycles. The summed E-state index contributed by atoms with van der Waals surface area (Å²) in [6.07, 6.45) is 0.811. The summed E-state index contributed by atoms with van der Waals surface area (Å²) >= 11 is 0. The van der Waals surface area contributed by atoms with Crippen LogP contribution in [0.3, 0.4) is 0 Å². The molecule has 0 amide bonds. The summed E-state index contributed by atoms with van der Waals surface area (Å²) in [7, 11) is -3.45. The van der Waals surface area contributed by atoms with Crippen molar-refractivity contribution in [3.63, 3.8) is 0 Å². The van der Waals surface area contributed by atoms with E-state index in [0.717, 1.165) is 11.7 Å². The van der Waals surface area contributed by atoms with Gasteiger partial charge in [0.25, 0.3) is 0 Å². The maximum absolute atomic E-state index is 9.66. The summed E-state index contributed by atoms with van der Waals surface area (Å²) in [5.41, 5.74) is 1.62. The van der Waals surface area contributed by atoms with Gasteiger partial charge >= 0.3 is 7.12 Å². The van der Waals surface area contributed by atoms with Gasteiger partial charge in [-0.3, -0.25) is 0 Å². The quantitative estimate of drug-likeness (QED) is 0.388. The van der Waals surface area contributed by atoms with Crippen molar-refractivity contribution in [2.24, 2.45) is 0 Å². The van der Waals surface area contributed by atoms with Crippen LogP contribution in [0.15, 0.2) is 115 Å². The van der Waals surface area contributed by atoms with E-state index in [-0.39, 0.29) is 0 Å². The van der Waals surface area contributed by atoms with Crippen molar-refractivity contribution in [2.45, 2.75) is 6.16 Å². The van der Waals surface area contributed by atoms with Crippen molar-refractivity contribution < 1.29 is 10.0 Å². The molecule has 4 rings (SSSR count). The summed E-state index contributed by atoms with van der Waals surface area (Å²) in [5, 5.41) is 23.3. The third-order valence-electron chi connectivity index (χ3n) is 5.26. The Morgan fingerprint density at radius 3 is 1.41 bits per heavy atom. The van der Waals surface area contributed by atoms with Gasteiger partial charge in [0.15, 0.2) is 0 Å². The first kappa shape index (κ1) is 19.6. The van der Waals surface area contributed by atoms with Crippen molar-refractivity contribution in [1.82, 2.24) is 0 Å². The monoisotopic (exact) mass is 397 g/mol. The number of benzene rings is 4. The Morgan fingerprint density at radius 2 is 1.00 bits per heavy atom. The van der Waals surface area contributed by atoms with Crippen LogP contribution in [-0.4, -0.2) is 17.2 Å². The van der Waals surface area contributed by atoms with Crippen LogP contribution in [0.4, 0.5) is 0 Å². The van der Waals surface area contributed by atoms with Crippen LogP contribution in [0.1, 0.15) is 5.56 Å². The van der Waals surface area contributed by atoms with E-state index >= 15 is 0 Å². The minimum Gasteiger partial charge on any atom is -0.423 e. The predicted octanol–water partition coefficient (Wildman–Crippen LogP) is 2.86. The molecule has 0 aromatic heterocycles. The molecular formula is C25H23BO2P+. The van der Waals surface area contributed by atoms with E-state index in [1.54, 1.807) is 6.07 Å². The zero-order chi connectivity index (χ0) is 20.1. The second-order valence-electron chi connectivity index (χ2n) is 7.09. The van der Waals surface area contributed by atoms with Crippen LogP contribution >= 0.6 is 7.26 Å². The Balaban J connectivity index is 1.97. The van der Waals surface area contributed by atoms with Gasteiger partial charge in [0.2, 0.25) is 0 Å². The fourth-order valence-corrected chi connectivity index (χ4v) is 8.12. The van der Waals surface area contributed by atoms with E-state index in [2.05, 4.69) is 97.1 Å². The molecule has 29 heavy (non-hydrogen) atoms. The average Bonchev–Trinajstić information content (AvgIpc) is 2.79. The van der Waals surface area contributed by atoms with Crippen LogP contribution < -0.4 is 21.4 Å². The summed E-state index contributed by atoms with van der Waals surface area (Å²) < 4.78 is 0. The van der Waals surface area contributed by atoms with Gasteiger partial charge in [0.1, 0.15) is 23.2 Å². The fraction of sp³-hybridized carbons (Fsp3) is 0.0400. The molecule has 2 N–H and O–H groups in total. The van der Waals surface area contributed by atoms with Gasteiger partial charge in [-0.25, -0.2) is 0 Å². The minimum atomic E-state index is -1.99. The molecule has 0 fully saturated rings. The molecule has 0 saturated heterocycles. The van der Waals surface area contributed by atoms with Crippen LogP contribution in [0.2, 0.25) is 0 Å². The third kappa shape index (κ3) is 4.04. The Labute approximate surface area is 173 Å². The molecule has 0 spiro atoms. The third-order valence-corrected chi connectivity index (χ3v) is 9.64. The highest BCUT2D eigenvalue weighted by atomic mass is 31.2. The second kappa shape index (κ2) is 8.76. The van der Waals surface area contributed by atoms with E-state index < -0.39 is 14.4 Å². The number of hydrogen-bond acceptors (Lipinski definition) is 2. The van der Waals surface area contributed by atoms with Crippen LogP contribution in [0.25, 0.3) is 0 Å². The van der Waals surface area contributed by atoms with Crippen molar-refractivity contribution in [3.8, 4) is 0 Å². The molecule has 0 saturated carbocycles. The van der Waals surface area contributed by atoms with Crippen LogP contribution in [0.5, 0.6) is 0 Å². The molecule has 0 aliphatic heterocycles. The summed E-state index contributed by atoms with van der Waals surface area (Å²) in [6, 6.07) is 39.7. The van der Waals surface area contributed by atoms with E-state index in [9.17, 15) is 10.0 Å². The van der Waals surface area contributed by atoms with E-state index in [4.69, 9.17) is 0 Å². The van der Waals surface area contributed by atoms with Crippen LogP contribution in [0, 0.1) is 0 Å². The fourth-order valence-electron chi connectivity index (χ4n) is 3.89. The maximum Gasteiger partial charge on any atom is 0.488 e. The van der Waals surface area contributed by atoms with Gasteiger partial charge in [0, 0.05) is 0 Å². The first-order valence-electron chi connectivity index (χ1n) is 9.70. The molecule has 0 bridgehead atoms. The maximum atomic E-state index is 9.66. The molecule has 2 nitrogen and oxygen atoms in total. The van der Waals surface area contributed by atoms with Gasteiger partial charge in [-0.15, -0.1) is 0 Å². The topological polar surface area (TPSA) is 40.5 Å². The molecule has 0 atom stereocenters. The normalized spacial score (nSPS) is 11.2. The Morgan fingerprint density at radius 1 is 0.552 bits per heavy atom. The lowest BCUT2D eigenvalue weighted by Crippen LogP contribution is -2.33. The van der Waals surface area contributed by atoms with E-state index in [0.29, 0.717) is 5.46 Å². The molecule has 4 aromatic carbocycles. The molecule has 0 aliphatic rings. The Kier molecular flexibility index (Phi) is 5.92. The van der Waals surface area contributed by atoms with E-state index in [1.165, 1.54) is 15.9 Å². The summed E-state index contributed by atoms with van der Waals surface area (Å²) in [6.45, 7) is 0. The number of rotatable bonds is 6. The Hall–Kier alpha value is -2.71. The zero-order valence-corrected chi connectivity index (χ0v) is 17.0. The van der Waals surface area contributed by atoms with Gasteiger partial charge in [0.05, 0.1) is 6.16 Å². The molecular weight excluding hydrogens is 374 g/mol. The smallest absolute Gasteiger partial charge is 0.423 e. The molecule has 142 valence electrons. The highest BCUT2D eigenvalue weighted by Gasteiger charge is 2.45. The lowest BCUT2D eigenvalue weighted by atomic mass is 9.80. The minimum absolute atomic E-state index is 0.523. The first-order valence-corrected chi connectivity index (χ1v) is 11.7. The SMILES string of the molecule is OB(O)c1cccc(C[P+](c2ccccc2)(c2ccccc2)c2ccccc2)c1. The molecule has 4 heteroatoms. The van der Waals surface area contributed by atoms with Crippen molar-refractivity contribution in [3.05, 3.63) is 121 Å². The highest BCUT2D eigenvalue weighted by Crippen LogP contribution is 2.58. The van der Waals surface area contributed by atoms with Gasteiger partial charge in [-0.2, -0.15) is 0 Å². The van der Waals surface area contributed by atoms with Gasteiger partial charge in [-0.1, -0.05) is 78.9 Å². The second-order valence-corrected chi connectivity index (χ2v) is 10.6.